The first-order valence-electron chi connectivity index (χ1n) is 12.4. The number of piperidine rings is 1. The molecule has 1 amide bonds. The number of rotatable bonds is 5. The lowest BCUT2D eigenvalue weighted by atomic mass is 9.91. The van der Waals surface area contributed by atoms with E-state index in [2.05, 4.69) is 18.7 Å². The van der Waals surface area contributed by atoms with Gasteiger partial charge < -0.3 is 9.64 Å². The van der Waals surface area contributed by atoms with Gasteiger partial charge in [-0.05, 0) is 60.6 Å². The van der Waals surface area contributed by atoms with Crippen LogP contribution in [0.4, 0.5) is 5.82 Å². The van der Waals surface area contributed by atoms with E-state index in [0.717, 1.165) is 36.4 Å². The van der Waals surface area contributed by atoms with Gasteiger partial charge in [0.2, 0.25) is 0 Å². The van der Waals surface area contributed by atoms with Crippen LogP contribution in [0.3, 0.4) is 0 Å². The third-order valence-electron chi connectivity index (χ3n) is 6.88. The second kappa shape index (κ2) is 10.3. The number of ether oxygens (including phenoxy) is 1. The first-order valence-corrected chi connectivity index (χ1v) is 13.6. The number of nitrogens with zero attached hydrogens (tertiary/aromatic N) is 4. The number of aryl methyl sites for hydroxylation is 1. The molecule has 1 aromatic carbocycles. The minimum Gasteiger partial charge on any atom is -0.497 e. The predicted octanol–water partition coefficient (Wildman–Crippen LogP) is 4.90. The molecule has 4 heterocycles. The summed E-state index contributed by atoms with van der Waals surface area (Å²) in [5.41, 5.74) is 2.75. The molecule has 0 radical (unpaired) electrons. The Bertz CT molecular complexity index is 1450. The Labute approximate surface area is 226 Å². The maximum Gasteiger partial charge on any atom is 0.267 e. The minimum absolute atomic E-state index is 0.185. The summed E-state index contributed by atoms with van der Waals surface area (Å²) in [5.74, 6) is 2.15. The molecule has 0 spiro atoms. The number of amides is 1. The van der Waals surface area contributed by atoms with Crippen molar-refractivity contribution in [1.82, 2.24) is 14.3 Å². The van der Waals surface area contributed by atoms with E-state index in [1.807, 2.05) is 43.3 Å². The van der Waals surface area contributed by atoms with Crippen LogP contribution in [0.5, 0.6) is 5.75 Å². The molecular formula is C28H30N4O3S2. The van der Waals surface area contributed by atoms with Crippen LogP contribution in [0.2, 0.25) is 0 Å². The molecule has 2 saturated heterocycles. The first-order chi connectivity index (χ1) is 17.7. The van der Waals surface area contributed by atoms with Crippen LogP contribution in [-0.2, 0) is 11.3 Å². The van der Waals surface area contributed by atoms with Crippen LogP contribution in [0.25, 0.3) is 11.7 Å². The van der Waals surface area contributed by atoms with Crippen LogP contribution < -0.4 is 15.2 Å². The number of methoxy groups -OCH3 is 1. The standard InChI is InChI=1S/C28H30N4O3S2/c1-17-12-18(2)15-30(14-17)25-22(26(33)31-11-5-6-19(3)24(31)29-25)13-23-27(34)32(28(36)37-23)16-20-7-9-21(35-4)10-8-20/h5-11,13,17-18H,12,14-16H2,1-4H3. The number of anilines is 1. The van der Waals surface area contributed by atoms with Crippen LogP contribution in [0, 0.1) is 18.8 Å². The number of benzene rings is 1. The summed E-state index contributed by atoms with van der Waals surface area (Å²) >= 11 is 6.79. The van der Waals surface area contributed by atoms with Gasteiger partial charge in [-0.2, -0.15) is 0 Å². The molecular weight excluding hydrogens is 504 g/mol. The van der Waals surface area contributed by atoms with Gasteiger partial charge in [-0.15, -0.1) is 0 Å². The van der Waals surface area contributed by atoms with Crippen molar-refractivity contribution in [2.45, 2.75) is 33.7 Å². The maximum absolute atomic E-state index is 13.8. The van der Waals surface area contributed by atoms with E-state index in [1.54, 1.807) is 28.7 Å². The molecule has 2 aliphatic rings. The van der Waals surface area contributed by atoms with E-state index >= 15 is 0 Å². The van der Waals surface area contributed by atoms with Crippen molar-refractivity contribution in [3.05, 3.63) is 74.5 Å². The highest BCUT2D eigenvalue weighted by Crippen LogP contribution is 2.35. The molecule has 2 unspecified atom stereocenters. The Morgan fingerprint density at radius 1 is 1.14 bits per heavy atom. The second-order valence-electron chi connectivity index (χ2n) is 10.0. The van der Waals surface area contributed by atoms with Gasteiger partial charge in [0.05, 0.1) is 24.1 Å². The summed E-state index contributed by atoms with van der Waals surface area (Å²) in [5, 5.41) is 0. The van der Waals surface area contributed by atoms with Crippen molar-refractivity contribution in [2.75, 3.05) is 25.1 Å². The highest BCUT2D eigenvalue weighted by molar-refractivity contribution is 8.26. The van der Waals surface area contributed by atoms with Crippen LogP contribution in [0.15, 0.2) is 52.3 Å². The number of fused-ring (bicyclic) bond motifs is 1. The number of pyridine rings is 1. The van der Waals surface area contributed by atoms with Gasteiger partial charge in [-0.1, -0.05) is 56.0 Å². The Hall–Kier alpha value is -3.17. The fraction of sp³-hybridized carbons (Fsp3) is 0.357. The molecule has 9 heteroatoms. The SMILES string of the molecule is COc1ccc(CN2C(=O)C(=Cc3c(N4CC(C)CC(C)C4)nc4c(C)cccn4c3=O)SC2=S)cc1. The monoisotopic (exact) mass is 534 g/mol. The van der Waals surface area contributed by atoms with E-state index in [9.17, 15) is 9.59 Å². The van der Waals surface area contributed by atoms with E-state index in [4.69, 9.17) is 21.9 Å². The molecule has 3 aromatic rings. The second-order valence-corrected chi connectivity index (χ2v) is 11.7. The molecule has 2 aromatic heterocycles. The van der Waals surface area contributed by atoms with Gasteiger partial charge in [-0.25, -0.2) is 4.98 Å². The summed E-state index contributed by atoms with van der Waals surface area (Å²) in [6.07, 6.45) is 4.56. The van der Waals surface area contributed by atoms with Gasteiger partial charge in [-0.3, -0.25) is 18.9 Å². The lowest BCUT2D eigenvalue weighted by Gasteiger charge is -2.36. The molecule has 37 heavy (non-hydrogen) atoms. The molecule has 0 aliphatic carbocycles. The molecule has 5 rings (SSSR count). The number of hydrogen-bond donors (Lipinski definition) is 0. The van der Waals surface area contributed by atoms with E-state index < -0.39 is 0 Å². The zero-order valence-corrected chi connectivity index (χ0v) is 23.1. The molecule has 2 fully saturated rings. The normalized spacial score (nSPS) is 21.4. The van der Waals surface area contributed by atoms with Crippen LogP contribution >= 0.6 is 24.0 Å². The topological polar surface area (TPSA) is 67.2 Å². The van der Waals surface area contributed by atoms with Crippen molar-refractivity contribution < 1.29 is 9.53 Å². The van der Waals surface area contributed by atoms with Gasteiger partial charge in [0, 0.05) is 19.3 Å². The highest BCUT2D eigenvalue weighted by Gasteiger charge is 2.33. The van der Waals surface area contributed by atoms with Crippen LogP contribution in [-0.4, -0.2) is 44.7 Å². The summed E-state index contributed by atoms with van der Waals surface area (Å²) in [6.45, 7) is 8.40. The molecule has 2 aliphatic heterocycles. The Balaban J connectivity index is 1.56. The Kier molecular flexibility index (Phi) is 7.09. The number of thioether (sulfide) groups is 1. The smallest absolute Gasteiger partial charge is 0.267 e. The van der Waals surface area contributed by atoms with E-state index in [1.165, 1.54) is 11.8 Å². The lowest BCUT2D eigenvalue weighted by Crippen LogP contribution is -2.40. The summed E-state index contributed by atoms with van der Waals surface area (Å²) in [4.78, 5) is 36.4. The molecule has 0 N–H and O–H groups in total. The molecule has 0 saturated carbocycles. The third kappa shape index (κ3) is 5.02. The van der Waals surface area contributed by atoms with Crippen molar-refractivity contribution >= 4 is 51.7 Å². The van der Waals surface area contributed by atoms with Crippen molar-refractivity contribution in [1.29, 1.82) is 0 Å². The van der Waals surface area contributed by atoms with Gasteiger partial charge >= 0.3 is 0 Å². The molecule has 2 atom stereocenters. The summed E-state index contributed by atoms with van der Waals surface area (Å²) < 4.78 is 7.27. The zero-order valence-electron chi connectivity index (χ0n) is 21.4. The minimum atomic E-state index is -0.203. The zero-order chi connectivity index (χ0) is 26.3. The van der Waals surface area contributed by atoms with Gasteiger partial charge in [0.15, 0.2) is 0 Å². The lowest BCUT2D eigenvalue weighted by molar-refractivity contribution is -0.122. The number of aromatic nitrogens is 2. The Morgan fingerprint density at radius 2 is 1.84 bits per heavy atom. The first kappa shape index (κ1) is 25.5. The van der Waals surface area contributed by atoms with E-state index in [0.29, 0.717) is 44.6 Å². The summed E-state index contributed by atoms with van der Waals surface area (Å²) in [6, 6.07) is 11.4. The largest absolute Gasteiger partial charge is 0.497 e. The average molecular weight is 535 g/mol. The highest BCUT2D eigenvalue weighted by atomic mass is 32.2. The predicted molar refractivity (Wildman–Crippen MR) is 153 cm³/mol. The van der Waals surface area contributed by atoms with Crippen molar-refractivity contribution in [3.63, 3.8) is 0 Å². The fourth-order valence-corrected chi connectivity index (χ4v) is 6.42. The number of carbonyl (C=O) groups excluding carboxylic acids is 1. The van der Waals surface area contributed by atoms with Crippen LogP contribution in [0.1, 0.15) is 37.0 Å². The quantitative estimate of drug-likeness (QED) is 0.341. The van der Waals surface area contributed by atoms with Gasteiger partial charge in [0.25, 0.3) is 11.5 Å². The average Bonchev–Trinajstić information content (AvgIpc) is 3.13. The number of carbonyl (C=O) groups is 1. The Morgan fingerprint density at radius 3 is 2.51 bits per heavy atom. The van der Waals surface area contributed by atoms with Crippen molar-refractivity contribution in [3.8, 4) is 5.75 Å². The fourth-order valence-electron chi connectivity index (χ4n) is 5.18. The molecule has 0 bridgehead atoms. The molecule has 192 valence electrons. The van der Waals surface area contributed by atoms with E-state index in [-0.39, 0.29) is 11.5 Å². The third-order valence-corrected chi connectivity index (χ3v) is 8.26. The number of hydrogen-bond acceptors (Lipinski definition) is 7. The maximum atomic E-state index is 13.8. The van der Waals surface area contributed by atoms with Gasteiger partial charge in [0.1, 0.15) is 21.5 Å². The van der Waals surface area contributed by atoms with Crippen molar-refractivity contribution in [2.24, 2.45) is 11.8 Å². The molecule has 7 nitrogen and oxygen atoms in total. The number of thiocarbonyl (C=S) groups is 1. The summed E-state index contributed by atoms with van der Waals surface area (Å²) in [7, 11) is 1.62.